The van der Waals surface area contributed by atoms with Crippen molar-refractivity contribution in [2.45, 2.75) is 44.9 Å². The number of halogens is 3. The lowest BCUT2D eigenvalue weighted by Gasteiger charge is -2.29. The topological polar surface area (TPSA) is 32.3 Å². The highest BCUT2D eigenvalue weighted by Gasteiger charge is 2.33. The lowest BCUT2D eigenvalue weighted by atomic mass is 9.96. The van der Waals surface area contributed by atoms with Crippen molar-refractivity contribution in [2.75, 3.05) is 6.61 Å². The van der Waals surface area contributed by atoms with E-state index >= 15 is 0 Å². The zero-order valence-corrected chi connectivity index (χ0v) is 11.8. The van der Waals surface area contributed by atoms with E-state index in [2.05, 4.69) is 5.32 Å². The van der Waals surface area contributed by atoms with E-state index in [-0.39, 0.29) is 18.6 Å². The third kappa shape index (κ3) is 5.92. The number of nitrogens with one attached hydrogen (secondary N) is 1. The first-order valence-electron chi connectivity index (χ1n) is 6.82. The van der Waals surface area contributed by atoms with Gasteiger partial charge in [0.05, 0.1) is 6.42 Å². The summed E-state index contributed by atoms with van der Waals surface area (Å²) in [5.74, 6) is 0.154. The molecular weight excluding hydrogens is 267 g/mol. The summed E-state index contributed by atoms with van der Waals surface area (Å²) < 4.78 is 38.2. The molecule has 0 aliphatic rings. The van der Waals surface area contributed by atoms with E-state index in [1.54, 1.807) is 30.3 Å². The van der Waals surface area contributed by atoms with Gasteiger partial charge >= 0.3 is 6.18 Å². The summed E-state index contributed by atoms with van der Waals surface area (Å²) in [4.78, 5) is 0. The lowest BCUT2D eigenvalue weighted by molar-refractivity contribution is -0.141. The van der Waals surface area contributed by atoms with Crippen LogP contribution in [0, 0.1) is 5.92 Å². The molecule has 1 rings (SSSR count). The Kier molecular flexibility index (Phi) is 6.49. The molecule has 0 amide bonds. The first-order chi connectivity index (χ1) is 9.33. The van der Waals surface area contributed by atoms with Gasteiger partial charge in [0.15, 0.2) is 0 Å². The second-order valence-electron chi connectivity index (χ2n) is 5.31. The minimum atomic E-state index is -4.23. The summed E-state index contributed by atoms with van der Waals surface area (Å²) in [7, 11) is 0. The van der Waals surface area contributed by atoms with Gasteiger partial charge in [-0.15, -0.1) is 0 Å². The van der Waals surface area contributed by atoms with Crippen molar-refractivity contribution in [1.82, 2.24) is 5.32 Å². The number of hydrogen-bond donors (Lipinski definition) is 2. The van der Waals surface area contributed by atoms with Crippen molar-refractivity contribution < 1.29 is 18.3 Å². The molecule has 0 saturated heterocycles. The molecule has 1 aromatic carbocycles. The smallest absolute Gasteiger partial charge is 0.390 e. The van der Waals surface area contributed by atoms with Gasteiger partial charge in [0.1, 0.15) is 0 Å². The van der Waals surface area contributed by atoms with Crippen LogP contribution in [0.4, 0.5) is 13.2 Å². The van der Waals surface area contributed by atoms with Crippen molar-refractivity contribution in [2.24, 2.45) is 5.92 Å². The Labute approximate surface area is 118 Å². The second-order valence-corrected chi connectivity index (χ2v) is 5.31. The van der Waals surface area contributed by atoms with Crippen LogP contribution >= 0.6 is 0 Å². The fourth-order valence-corrected chi connectivity index (χ4v) is 2.20. The van der Waals surface area contributed by atoms with Crippen LogP contribution in [0.15, 0.2) is 30.3 Å². The Morgan fingerprint density at radius 1 is 1.15 bits per heavy atom. The molecule has 20 heavy (non-hydrogen) atoms. The van der Waals surface area contributed by atoms with Crippen LogP contribution in [-0.4, -0.2) is 23.9 Å². The van der Waals surface area contributed by atoms with Crippen molar-refractivity contribution in [3.8, 4) is 0 Å². The summed E-state index contributed by atoms with van der Waals surface area (Å²) >= 11 is 0. The molecule has 2 unspecified atom stereocenters. The molecule has 2 atom stereocenters. The number of aliphatic hydroxyl groups is 1. The standard InChI is InChI=1S/C15H22F3NO/c1-11(2)13(8-9-20)19-14(10-15(16,17)18)12-6-4-3-5-7-12/h3-7,11,13-14,19-20H,8-10H2,1-2H3. The minimum absolute atomic E-state index is 0.0383. The summed E-state index contributed by atoms with van der Waals surface area (Å²) in [5, 5.41) is 12.1. The maximum Gasteiger partial charge on any atom is 0.390 e. The molecule has 2 nitrogen and oxygen atoms in total. The van der Waals surface area contributed by atoms with E-state index in [1.165, 1.54) is 0 Å². The maximum atomic E-state index is 12.7. The molecule has 2 N–H and O–H groups in total. The van der Waals surface area contributed by atoms with Gasteiger partial charge in [-0.1, -0.05) is 44.2 Å². The molecule has 0 heterocycles. The van der Waals surface area contributed by atoms with E-state index < -0.39 is 18.6 Å². The highest BCUT2D eigenvalue weighted by atomic mass is 19.4. The number of hydrogen-bond acceptors (Lipinski definition) is 2. The summed E-state index contributed by atoms with van der Waals surface area (Å²) in [6, 6.07) is 7.71. The molecular formula is C15H22F3NO. The van der Waals surface area contributed by atoms with Crippen LogP contribution in [0.5, 0.6) is 0 Å². The molecule has 0 fully saturated rings. The lowest BCUT2D eigenvalue weighted by Crippen LogP contribution is -2.39. The van der Waals surface area contributed by atoms with E-state index in [4.69, 9.17) is 5.11 Å². The fraction of sp³-hybridized carbons (Fsp3) is 0.600. The average molecular weight is 289 g/mol. The largest absolute Gasteiger partial charge is 0.396 e. The van der Waals surface area contributed by atoms with Crippen molar-refractivity contribution in [3.05, 3.63) is 35.9 Å². The summed E-state index contributed by atoms with van der Waals surface area (Å²) in [5.41, 5.74) is 0.619. The molecule has 5 heteroatoms. The predicted molar refractivity (Wildman–Crippen MR) is 73.3 cm³/mol. The number of rotatable bonds is 7. The normalized spacial score (nSPS) is 15.3. The molecule has 0 radical (unpaired) electrons. The Balaban J connectivity index is 2.87. The highest BCUT2D eigenvalue weighted by Crippen LogP contribution is 2.30. The molecule has 114 valence electrons. The summed E-state index contributed by atoms with van der Waals surface area (Å²) in [6.07, 6.45) is -4.70. The minimum Gasteiger partial charge on any atom is -0.396 e. The average Bonchev–Trinajstić information content (AvgIpc) is 2.36. The molecule has 0 spiro atoms. The van der Waals surface area contributed by atoms with Crippen LogP contribution in [0.3, 0.4) is 0 Å². The number of aliphatic hydroxyl groups excluding tert-OH is 1. The van der Waals surface area contributed by atoms with Crippen LogP contribution in [0.2, 0.25) is 0 Å². The number of benzene rings is 1. The second kappa shape index (κ2) is 7.64. The first kappa shape index (κ1) is 17.0. The molecule has 0 bridgehead atoms. The Morgan fingerprint density at radius 3 is 2.20 bits per heavy atom. The molecule has 0 aromatic heterocycles. The van der Waals surface area contributed by atoms with Gasteiger partial charge in [-0.2, -0.15) is 13.2 Å². The quantitative estimate of drug-likeness (QED) is 0.802. The summed E-state index contributed by atoms with van der Waals surface area (Å²) in [6.45, 7) is 3.83. The number of alkyl halides is 3. The van der Waals surface area contributed by atoms with Crippen molar-refractivity contribution in [3.63, 3.8) is 0 Å². The van der Waals surface area contributed by atoms with Crippen LogP contribution in [-0.2, 0) is 0 Å². The van der Waals surface area contributed by atoms with Gasteiger partial charge in [0, 0.05) is 18.7 Å². The molecule has 0 saturated carbocycles. The van der Waals surface area contributed by atoms with Crippen molar-refractivity contribution >= 4 is 0 Å². The third-order valence-corrected chi connectivity index (χ3v) is 3.30. The zero-order chi connectivity index (χ0) is 15.2. The van der Waals surface area contributed by atoms with E-state index in [0.717, 1.165) is 0 Å². The van der Waals surface area contributed by atoms with Gasteiger partial charge in [-0.05, 0) is 17.9 Å². The first-order valence-corrected chi connectivity index (χ1v) is 6.82. The predicted octanol–water partition coefficient (Wildman–Crippen LogP) is 3.68. The maximum absolute atomic E-state index is 12.7. The van der Waals surface area contributed by atoms with Gasteiger partial charge < -0.3 is 10.4 Å². The molecule has 0 aliphatic carbocycles. The van der Waals surface area contributed by atoms with E-state index in [0.29, 0.717) is 12.0 Å². The van der Waals surface area contributed by atoms with Crippen LogP contribution in [0.25, 0.3) is 0 Å². The highest BCUT2D eigenvalue weighted by molar-refractivity contribution is 5.19. The van der Waals surface area contributed by atoms with E-state index in [1.807, 2.05) is 13.8 Å². The monoisotopic (exact) mass is 289 g/mol. The molecule has 1 aromatic rings. The van der Waals surface area contributed by atoms with Gasteiger partial charge in [-0.3, -0.25) is 0 Å². The Hall–Kier alpha value is -1.07. The van der Waals surface area contributed by atoms with Crippen LogP contribution < -0.4 is 5.32 Å². The van der Waals surface area contributed by atoms with Crippen LogP contribution in [0.1, 0.15) is 38.3 Å². The van der Waals surface area contributed by atoms with Gasteiger partial charge in [0.25, 0.3) is 0 Å². The SMILES string of the molecule is CC(C)C(CCO)NC(CC(F)(F)F)c1ccccc1. The van der Waals surface area contributed by atoms with E-state index in [9.17, 15) is 13.2 Å². The zero-order valence-electron chi connectivity index (χ0n) is 11.8. The fourth-order valence-electron chi connectivity index (χ4n) is 2.20. The van der Waals surface area contributed by atoms with Gasteiger partial charge in [0.2, 0.25) is 0 Å². The Bertz CT molecular complexity index is 378. The molecule has 0 aliphatic heterocycles. The third-order valence-electron chi connectivity index (χ3n) is 3.30. The Morgan fingerprint density at radius 2 is 1.75 bits per heavy atom. The van der Waals surface area contributed by atoms with Crippen molar-refractivity contribution in [1.29, 1.82) is 0 Å². The van der Waals surface area contributed by atoms with Gasteiger partial charge in [-0.25, -0.2) is 0 Å².